The third-order valence-corrected chi connectivity index (χ3v) is 5.15. The number of nitrogens with one attached hydrogen (secondary N) is 1. The summed E-state index contributed by atoms with van der Waals surface area (Å²) in [7, 11) is -1.27. The van der Waals surface area contributed by atoms with E-state index in [2.05, 4.69) is 15.4 Å². The van der Waals surface area contributed by atoms with Crippen LogP contribution in [0.3, 0.4) is 0 Å². The average molecular weight is 410 g/mol. The van der Waals surface area contributed by atoms with E-state index in [1.54, 1.807) is 47.5 Å². The van der Waals surface area contributed by atoms with Crippen molar-refractivity contribution in [1.29, 1.82) is 0 Å². The van der Waals surface area contributed by atoms with Gasteiger partial charge in [-0.2, -0.15) is 5.10 Å². The molecule has 3 aromatic rings. The number of carbonyl (C=O) groups is 1. The molecule has 0 unspecified atom stereocenters. The SMILES string of the molecule is Cc1cc(NC(=O)C=Cc2cnccc2-c2cnn(C)c2)ccc1CS(C)(=O)=O. The number of aromatic nitrogens is 3. The number of sulfone groups is 1. The molecule has 2 aromatic heterocycles. The molecule has 0 bridgehead atoms. The van der Waals surface area contributed by atoms with Crippen LogP contribution in [0.25, 0.3) is 17.2 Å². The minimum Gasteiger partial charge on any atom is -0.323 e. The van der Waals surface area contributed by atoms with Gasteiger partial charge in [0.05, 0.1) is 11.9 Å². The highest BCUT2D eigenvalue weighted by Crippen LogP contribution is 2.23. The number of amides is 1. The molecule has 0 aliphatic rings. The summed E-state index contributed by atoms with van der Waals surface area (Å²) in [5.41, 5.74) is 4.80. The highest BCUT2D eigenvalue weighted by Gasteiger charge is 2.09. The molecule has 29 heavy (non-hydrogen) atoms. The monoisotopic (exact) mass is 410 g/mol. The van der Waals surface area contributed by atoms with Gasteiger partial charge in [-0.3, -0.25) is 14.5 Å². The number of benzene rings is 1. The smallest absolute Gasteiger partial charge is 0.248 e. The second-order valence-corrected chi connectivity index (χ2v) is 9.04. The van der Waals surface area contributed by atoms with Crippen molar-refractivity contribution in [3.8, 4) is 11.1 Å². The van der Waals surface area contributed by atoms with Gasteiger partial charge in [-0.25, -0.2) is 8.42 Å². The Morgan fingerprint density at radius 3 is 2.69 bits per heavy atom. The maximum Gasteiger partial charge on any atom is 0.248 e. The number of aryl methyl sites for hydroxylation is 2. The summed E-state index contributed by atoms with van der Waals surface area (Å²) in [6.45, 7) is 1.82. The van der Waals surface area contributed by atoms with E-state index in [0.717, 1.165) is 27.8 Å². The van der Waals surface area contributed by atoms with Crippen molar-refractivity contribution in [2.45, 2.75) is 12.7 Å². The maximum absolute atomic E-state index is 12.3. The molecule has 1 amide bonds. The zero-order valence-corrected chi connectivity index (χ0v) is 17.3. The lowest BCUT2D eigenvalue weighted by molar-refractivity contribution is -0.111. The predicted octanol–water partition coefficient (Wildman–Crippen LogP) is 2.99. The second-order valence-electron chi connectivity index (χ2n) is 6.90. The van der Waals surface area contributed by atoms with Crippen LogP contribution in [0.5, 0.6) is 0 Å². The molecule has 0 aliphatic carbocycles. The molecule has 0 saturated heterocycles. The normalized spacial score (nSPS) is 11.7. The van der Waals surface area contributed by atoms with Crippen LogP contribution in [0.2, 0.25) is 0 Å². The molecule has 0 fully saturated rings. The first-order valence-electron chi connectivity index (χ1n) is 8.90. The molecule has 0 saturated carbocycles. The molecule has 150 valence electrons. The first kappa shape index (κ1) is 20.5. The van der Waals surface area contributed by atoms with Gasteiger partial charge < -0.3 is 5.32 Å². The number of anilines is 1. The summed E-state index contributed by atoms with van der Waals surface area (Å²) in [4.78, 5) is 16.5. The van der Waals surface area contributed by atoms with Gasteiger partial charge in [0, 0.05) is 54.8 Å². The highest BCUT2D eigenvalue weighted by atomic mass is 32.2. The van der Waals surface area contributed by atoms with E-state index in [-0.39, 0.29) is 11.7 Å². The van der Waals surface area contributed by atoms with Gasteiger partial charge in [0.1, 0.15) is 0 Å². The zero-order valence-electron chi connectivity index (χ0n) is 16.5. The van der Waals surface area contributed by atoms with E-state index in [4.69, 9.17) is 0 Å². The second kappa shape index (κ2) is 8.40. The number of carbonyl (C=O) groups excluding carboxylic acids is 1. The molecule has 1 aromatic carbocycles. The minimum atomic E-state index is -3.11. The Morgan fingerprint density at radius 2 is 2.03 bits per heavy atom. The summed E-state index contributed by atoms with van der Waals surface area (Å²) in [5.74, 6) is -0.313. The van der Waals surface area contributed by atoms with Crippen LogP contribution in [0.1, 0.15) is 16.7 Å². The Balaban J connectivity index is 1.73. The molecule has 0 radical (unpaired) electrons. The van der Waals surface area contributed by atoms with Crippen molar-refractivity contribution in [1.82, 2.24) is 14.8 Å². The minimum absolute atomic E-state index is 0.0227. The van der Waals surface area contributed by atoms with Crippen LogP contribution in [0, 0.1) is 6.92 Å². The lowest BCUT2D eigenvalue weighted by Gasteiger charge is -2.08. The van der Waals surface area contributed by atoms with E-state index < -0.39 is 9.84 Å². The van der Waals surface area contributed by atoms with Crippen LogP contribution in [0.15, 0.2) is 55.1 Å². The number of hydrogen-bond donors (Lipinski definition) is 1. The Morgan fingerprint density at radius 1 is 1.24 bits per heavy atom. The summed E-state index contributed by atoms with van der Waals surface area (Å²) in [6, 6.07) is 7.05. The van der Waals surface area contributed by atoms with Crippen molar-refractivity contribution in [3.63, 3.8) is 0 Å². The van der Waals surface area contributed by atoms with Gasteiger partial charge in [0.2, 0.25) is 5.91 Å². The fourth-order valence-electron chi connectivity index (χ4n) is 2.93. The Kier molecular flexibility index (Phi) is 5.93. The number of hydrogen-bond acceptors (Lipinski definition) is 5. The van der Waals surface area contributed by atoms with Gasteiger partial charge in [0.25, 0.3) is 0 Å². The van der Waals surface area contributed by atoms with Crippen molar-refractivity contribution in [3.05, 3.63) is 71.8 Å². The van der Waals surface area contributed by atoms with Gasteiger partial charge >= 0.3 is 0 Å². The van der Waals surface area contributed by atoms with E-state index in [0.29, 0.717) is 5.69 Å². The lowest BCUT2D eigenvalue weighted by Crippen LogP contribution is -2.09. The fraction of sp³-hybridized carbons (Fsp3) is 0.190. The molecule has 0 spiro atoms. The maximum atomic E-state index is 12.3. The lowest BCUT2D eigenvalue weighted by atomic mass is 10.0. The van der Waals surface area contributed by atoms with E-state index in [1.165, 1.54) is 12.3 Å². The van der Waals surface area contributed by atoms with Gasteiger partial charge in [0.15, 0.2) is 9.84 Å². The first-order valence-corrected chi connectivity index (χ1v) is 11.0. The van der Waals surface area contributed by atoms with Gasteiger partial charge in [-0.05, 0) is 47.9 Å². The molecule has 8 heteroatoms. The van der Waals surface area contributed by atoms with Gasteiger partial charge in [-0.1, -0.05) is 6.07 Å². The van der Waals surface area contributed by atoms with Crippen molar-refractivity contribution < 1.29 is 13.2 Å². The molecule has 0 atom stereocenters. The van der Waals surface area contributed by atoms with Crippen LogP contribution in [0.4, 0.5) is 5.69 Å². The van der Waals surface area contributed by atoms with Crippen molar-refractivity contribution in [2.24, 2.45) is 7.05 Å². The Bertz CT molecular complexity index is 1180. The zero-order chi connectivity index (χ0) is 21.0. The Labute approximate surface area is 170 Å². The molecule has 7 nitrogen and oxygen atoms in total. The van der Waals surface area contributed by atoms with Gasteiger partial charge in [-0.15, -0.1) is 0 Å². The largest absolute Gasteiger partial charge is 0.323 e. The summed E-state index contributed by atoms with van der Waals surface area (Å²) in [6.07, 6.45) is 11.4. The average Bonchev–Trinajstić information content (AvgIpc) is 3.08. The van der Waals surface area contributed by atoms with E-state index in [1.807, 2.05) is 26.2 Å². The molecular formula is C21H22N4O3S. The molecule has 0 aliphatic heterocycles. The molecular weight excluding hydrogens is 388 g/mol. The quantitative estimate of drug-likeness (QED) is 0.631. The summed E-state index contributed by atoms with van der Waals surface area (Å²) < 4.78 is 24.7. The topological polar surface area (TPSA) is 93.9 Å². The van der Waals surface area contributed by atoms with Crippen LogP contribution >= 0.6 is 0 Å². The standard InChI is InChI=1S/C21H22N4O3S/c1-15-10-19(6-4-17(15)14-29(3,27)28)24-21(26)7-5-16-11-22-9-8-20(16)18-12-23-25(2)13-18/h4-13H,14H2,1-3H3,(H,24,26). The first-order chi connectivity index (χ1) is 13.7. The molecule has 2 heterocycles. The van der Waals surface area contributed by atoms with Crippen LogP contribution in [-0.2, 0) is 27.4 Å². The van der Waals surface area contributed by atoms with E-state index >= 15 is 0 Å². The number of pyridine rings is 1. The molecule has 1 N–H and O–H groups in total. The predicted molar refractivity (Wildman–Crippen MR) is 114 cm³/mol. The Hall–Kier alpha value is -3.26. The van der Waals surface area contributed by atoms with Crippen molar-refractivity contribution in [2.75, 3.05) is 11.6 Å². The van der Waals surface area contributed by atoms with E-state index in [9.17, 15) is 13.2 Å². The van der Waals surface area contributed by atoms with Crippen LogP contribution in [-0.4, -0.2) is 35.3 Å². The summed E-state index contributed by atoms with van der Waals surface area (Å²) in [5, 5.41) is 6.97. The highest BCUT2D eigenvalue weighted by molar-refractivity contribution is 7.89. The molecule has 3 rings (SSSR count). The summed E-state index contributed by atoms with van der Waals surface area (Å²) >= 11 is 0. The van der Waals surface area contributed by atoms with Crippen LogP contribution < -0.4 is 5.32 Å². The third-order valence-electron chi connectivity index (χ3n) is 4.31. The number of nitrogens with zero attached hydrogens (tertiary/aromatic N) is 3. The fourth-order valence-corrected chi connectivity index (χ4v) is 3.82. The third kappa shape index (κ3) is 5.61. The number of rotatable bonds is 6. The van der Waals surface area contributed by atoms with Crippen molar-refractivity contribution >= 4 is 27.5 Å².